The maximum atomic E-state index is 11.4. The van der Waals surface area contributed by atoms with Crippen molar-refractivity contribution in [3.8, 4) is 11.6 Å². The number of nitro benzene ring substituents is 1. The number of nitro groups is 1. The third kappa shape index (κ3) is 2.69. The van der Waals surface area contributed by atoms with E-state index in [1.807, 2.05) is 0 Å². The van der Waals surface area contributed by atoms with Gasteiger partial charge in [-0.2, -0.15) is 0 Å². The van der Waals surface area contributed by atoms with Crippen LogP contribution in [0.5, 0.6) is 11.6 Å². The quantitative estimate of drug-likeness (QED) is 0.684. The Bertz CT molecular complexity index is 742. The molecule has 1 aromatic carbocycles. The second-order valence-corrected chi connectivity index (χ2v) is 4.91. The summed E-state index contributed by atoms with van der Waals surface area (Å²) in [4.78, 5) is 28.1. The van der Waals surface area contributed by atoms with E-state index in [2.05, 4.69) is 25.9 Å². The number of hydrogen-bond acceptors (Lipinski definition) is 5. The second-order valence-electron chi connectivity index (χ2n) is 4.11. The highest BCUT2D eigenvalue weighted by Gasteiger charge is 2.16. The Labute approximate surface area is 121 Å². The van der Waals surface area contributed by atoms with Gasteiger partial charge in [-0.25, -0.2) is 4.98 Å². The van der Waals surface area contributed by atoms with Crippen LogP contribution in [-0.4, -0.2) is 14.9 Å². The lowest BCUT2D eigenvalue weighted by Gasteiger charge is -2.09. The largest absolute Gasteiger partial charge is 0.437 e. The summed E-state index contributed by atoms with van der Waals surface area (Å²) >= 11 is 3.08. The summed E-state index contributed by atoms with van der Waals surface area (Å²) in [6, 6.07) is 2.97. The van der Waals surface area contributed by atoms with E-state index >= 15 is 0 Å². The van der Waals surface area contributed by atoms with E-state index in [0.29, 0.717) is 16.9 Å². The van der Waals surface area contributed by atoms with Crippen LogP contribution in [0.2, 0.25) is 0 Å². The average molecular weight is 340 g/mol. The van der Waals surface area contributed by atoms with Gasteiger partial charge in [0.25, 0.3) is 11.2 Å². The van der Waals surface area contributed by atoms with E-state index < -0.39 is 4.92 Å². The number of H-pyrrole nitrogens is 1. The molecule has 7 nitrogen and oxygen atoms in total. The molecule has 1 N–H and O–H groups in total. The lowest BCUT2D eigenvalue weighted by Crippen LogP contribution is -2.08. The predicted molar refractivity (Wildman–Crippen MR) is 75.2 cm³/mol. The van der Waals surface area contributed by atoms with Crippen molar-refractivity contribution in [2.75, 3.05) is 0 Å². The number of nitrogens with one attached hydrogen (secondary N) is 1. The highest BCUT2D eigenvalue weighted by Crippen LogP contribution is 2.31. The molecule has 0 unspecified atom stereocenters. The van der Waals surface area contributed by atoms with Gasteiger partial charge in [-0.05, 0) is 41.4 Å². The fraction of sp³-hybridized carbons (Fsp3) is 0.167. The monoisotopic (exact) mass is 339 g/mol. The number of halogens is 1. The van der Waals surface area contributed by atoms with Gasteiger partial charge < -0.3 is 9.72 Å². The minimum absolute atomic E-state index is 0.0211. The van der Waals surface area contributed by atoms with E-state index in [-0.39, 0.29) is 21.6 Å². The Morgan fingerprint density at radius 2 is 2.05 bits per heavy atom. The third-order valence-corrected chi connectivity index (χ3v) is 3.36. The fourth-order valence-corrected chi connectivity index (χ4v) is 1.92. The smallest absolute Gasteiger partial charge is 0.272 e. The second kappa shape index (κ2) is 5.41. The molecule has 0 aliphatic heterocycles. The maximum absolute atomic E-state index is 11.4. The first kappa shape index (κ1) is 14.2. The van der Waals surface area contributed by atoms with Crippen molar-refractivity contribution >= 4 is 21.6 Å². The molecule has 0 amide bonds. The van der Waals surface area contributed by atoms with Crippen LogP contribution in [0.25, 0.3) is 0 Å². The summed E-state index contributed by atoms with van der Waals surface area (Å²) in [5, 5.41) is 10.8. The molecular weight excluding hydrogens is 330 g/mol. The molecular formula is C12H10BrN3O4. The number of hydrogen-bond donors (Lipinski definition) is 1. The van der Waals surface area contributed by atoms with Gasteiger partial charge in [-0.3, -0.25) is 14.9 Å². The number of nitrogens with zero attached hydrogens (tertiary/aromatic N) is 2. The number of benzene rings is 1. The molecule has 0 spiro atoms. The molecule has 2 rings (SSSR count). The topological polar surface area (TPSA) is 98.1 Å². The molecule has 2 aromatic rings. The summed E-state index contributed by atoms with van der Waals surface area (Å²) < 4.78 is 5.70. The number of ether oxygens (including phenoxy) is 1. The van der Waals surface area contributed by atoms with Crippen LogP contribution in [0.4, 0.5) is 5.69 Å². The molecule has 1 aromatic heterocycles. The lowest BCUT2D eigenvalue weighted by molar-refractivity contribution is -0.385. The van der Waals surface area contributed by atoms with Gasteiger partial charge in [0.2, 0.25) is 5.88 Å². The van der Waals surface area contributed by atoms with Crippen molar-refractivity contribution in [3.63, 3.8) is 0 Å². The number of aromatic amines is 1. The molecule has 0 saturated heterocycles. The standard InChI is InChI=1S/C12H10BrN3O4/c1-6-4-9(7(2)3-8(6)16(18)19)20-12-10(13)11(17)14-5-15-12/h3-5H,1-2H3,(H,14,15,17). The Hall–Kier alpha value is -2.22. The van der Waals surface area contributed by atoms with Crippen LogP contribution in [-0.2, 0) is 0 Å². The van der Waals surface area contributed by atoms with Crippen molar-refractivity contribution in [2.24, 2.45) is 0 Å². The Morgan fingerprint density at radius 3 is 2.70 bits per heavy atom. The van der Waals surface area contributed by atoms with Crippen molar-refractivity contribution < 1.29 is 9.66 Å². The Morgan fingerprint density at radius 1 is 1.35 bits per heavy atom. The predicted octanol–water partition coefficient (Wildman–Crippen LogP) is 2.85. The van der Waals surface area contributed by atoms with Gasteiger partial charge in [-0.1, -0.05) is 0 Å². The van der Waals surface area contributed by atoms with Gasteiger partial charge in [0.1, 0.15) is 10.2 Å². The van der Waals surface area contributed by atoms with Crippen LogP contribution < -0.4 is 10.3 Å². The summed E-state index contributed by atoms with van der Waals surface area (Å²) in [6.45, 7) is 3.30. The van der Waals surface area contributed by atoms with Gasteiger partial charge in [-0.15, -0.1) is 0 Å². The zero-order valence-electron chi connectivity index (χ0n) is 10.6. The van der Waals surface area contributed by atoms with E-state index in [9.17, 15) is 14.9 Å². The van der Waals surface area contributed by atoms with Crippen molar-refractivity contribution in [3.05, 3.63) is 54.5 Å². The zero-order valence-corrected chi connectivity index (χ0v) is 12.2. The molecule has 1 heterocycles. The molecule has 0 aliphatic rings. The number of aromatic nitrogens is 2. The van der Waals surface area contributed by atoms with E-state index in [1.54, 1.807) is 19.9 Å². The molecule has 8 heteroatoms. The molecule has 0 bridgehead atoms. The average Bonchev–Trinajstić information content (AvgIpc) is 2.38. The minimum atomic E-state index is -0.451. The van der Waals surface area contributed by atoms with Gasteiger partial charge in [0.15, 0.2) is 0 Å². The van der Waals surface area contributed by atoms with Gasteiger partial charge in [0, 0.05) is 11.6 Å². The van der Waals surface area contributed by atoms with Crippen LogP contribution in [0.3, 0.4) is 0 Å². The van der Waals surface area contributed by atoms with Crippen molar-refractivity contribution in [2.45, 2.75) is 13.8 Å². The van der Waals surface area contributed by atoms with E-state index in [1.165, 1.54) is 12.4 Å². The zero-order chi connectivity index (χ0) is 14.9. The Kier molecular flexibility index (Phi) is 3.84. The number of aryl methyl sites for hydroxylation is 2. The fourth-order valence-electron chi connectivity index (χ4n) is 1.62. The molecule has 0 saturated carbocycles. The molecule has 0 atom stereocenters. The molecule has 104 valence electrons. The van der Waals surface area contributed by atoms with Crippen LogP contribution >= 0.6 is 15.9 Å². The first-order chi connectivity index (χ1) is 9.40. The van der Waals surface area contributed by atoms with Crippen LogP contribution in [0, 0.1) is 24.0 Å². The van der Waals surface area contributed by atoms with E-state index in [4.69, 9.17) is 4.74 Å². The highest BCUT2D eigenvalue weighted by molar-refractivity contribution is 9.10. The van der Waals surface area contributed by atoms with Gasteiger partial charge in [0.05, 0.1) is 11.3 Å². The first-order valence-electron chi connectivity index (χ1n) is 5.57. The highest BCUT2D eigenvalue weighted by atomic mass is 79.9. The van der Waals surface area contributed by atoms with Crippen molar-refractivity contribution in [1.29, 1.82) is 0 Å². The van der Waals surface area contributed by atoms with Crippen molar-refractivity contribution in [1.82, 2.24) is 9.97 Å². The van der Waals surface area contributed by atoms with Crippen LogP contribution in [0.15, 0.2) is 27.7 Å². The number of rotatable bonds is 3. The van der Waals surface area contributed by atoms with E-state index in [0.717, 1.165) is 0 Å². The SMILES string of the molecule is Cc1cc([N+](=O)[O-])c(C)cc1Oc1nc[nH]c(=O)c1Br. The molecule has 0 fully saturated rings. The first-order valence-corrected chi connectivity index (χ1v) is 6.36. The van der Waals surface area contributed by atoms with Gasteiger partial charge >= 0.3 is 0 Å². The molecule has 0 radical (unpaired) electrons. The summed E-state index contributed by atoms with van der Waals surface area (Å²) in [5.74, 6) is 0.511. The maximum Gasteiger partial charge on any atom is 0.272 e. The molecule has 0 aliphatic carbocycles. The van der Waals surface area contributed by atoms with Crippen LogP contribution in [0.1, 0.15) is 11.1 Å². The summed E-state index contributed by atoms with van der Waals surface area (Å²) in [7, 11) is 0. The molecule has 20 heavy (non-hydrogen) atoms. The normalized spacial score (nSPS) is 10.3. The summed E-state index contributed by atoms with van der Waals surface area (Å²) in [5.41, 5.74) is 0.701. The lowest BCUT2D eigenvalue weighted by atomic mass is 10.1. The Balaban J connectivity index is 2.45. The third-order valence-electron chi connectivity index (χ3n) is 2.66. The minimum Gasteiger partial charge on any atom is -0.437 e. The summed E-state index contributed by atoms with van der Waals surface area (Å²) in [6.07, 6.45) is 1.22.